The number of rotatable bonds is 3. The molecule has 1 aromatic carbocycles. The molecule has 1 fully saturated rings. The van der Waals surface area contributed by atoms with Crippen LogP contribution < -0.4 is 10.5 Å². The highest BCUT2D eigenvalue weighted by molar-refractivity contribution is 6.19. The number of aryl methyl sites for hydroxylation is 1. The van der Waals surface area contributed by atoms with Crippen LogP contribution in [0.15, 0.2) is 47.4 Å². The summed E-state index contributed by atoms with van der Waals surface area (Å²) in [7, 11) is 0. The van der Waals surface area contributed by atoms with Crippen molar-refractivity contribution in [2.24, 2.45) is 0 Å². The molecule has 1 saturated heterocycles. The van der Waals surface area contributed by atoms with Crippen LogP contribution in [0.5, 0.6) is 0 Å². The number of nitrogens with one attached hydrogen (secondary N) is 1. The van der Waals surface area contributed by atoms with Crippen LogP contribution in [0.25, 0.3) is 10.8 Å². The first kappa shape index (κ1) is 15.6. The summed E-state index contributed by atoms with van der Waals surface area (Å²) in [5, 5.41) is 1.23. The van der Waals surface area contributed by atoms with Gasteiger partial charge in [-0.15, -0.1) is 0 Å². The van der Waals surface area contributed by atoms with Crippen LogP contribution in [-0.4, -0.2) is 28.8 Å². The molecular weight excluding hydrogens is 314 g/mol. The Morgan fingerprint density at radius 2 is 1.80 bits per heavy atom. The van der Waals surface area contributed by atoms with Gasteiger partial charge in [-0.1, -0.05) is 18.2 Å². The highest BCUT2D eigenvalue weighted by atomic mass is 16.1. The molecule has 0 aliphatic carbocycles. The van der Waals surface area contributed by atoms with E-state index in [0.717, 1.165) is 31.6 Å². The highest BCUT2D eigenvalue weighted by Gasteiger charge is 2.24. The van der Waals surface area contributed by atoms with Crippen LogP contribution >= 0.6 is 0 Å². The summed E-state index contributed by atoms with van der Waals surface area (Å²) < 4.78 is 0. The summed E-state index contributed by atoms with van der Waals surface area (Å²) in [5.74, 6) is 0.522. The molecule has 5 heteroatoms. The molecule has 5 nitrogen and oxygen atoms in total. The van der Waals surface area contributed by atoms with E-state index in [1.54, 1.807) is 18.3 Å². The normalized spacial score (nSPS) is 14.2. The topological polar surface area (TPSA) is 66.1 Å². The van der Waals surface area contributed by atoms with E-state index < -0.39 is 0 Å². The molecule has 0 radical (unpaired) electrons. The van der Waals surface area contributed by atoms with Crippen molar-refractivity contribution in [2.75, 3.05) is 18.0 Å². The average Bonchev–Trinajstić information content (AvgIpc) is 3.16. The molecule has 0 saturated carbocycles. The van der Waals surface area contributed by atoms with Crippen molar-refractivity contribution in [1.82, 2.24) is 9.97 Å². The van der Waals surface area contributed by atoms with E-state index in [9.17, 15) is 9.59 Å². The number of aromatic amines is 1. The molecule has 3 aromatic rings. The number of fused-ring (bicyclic) bond motifs is 1. The van der Waals surface area contributed by atoms with Crippen LogP contribution in [0.2, 0.25) is 0 Å². The van der Waals surface area contributed by atoms with Gasteiger partial charge in [-0.05, 0) is 38.0 Å². The molecule has 0 unspecified atom stereocenters. The Hall–Kier alpha value is -2.95. The van der Waals surface area contributed by atoms with Gasteiger partial charge in [0.15, 0.2) is 5.78 Å². The molecule has 25 heavy (non-hydrogen) atoms. The Bertz CT molecular complexity index is 1000. The van der Waals surface area contributed by atoms with Crippen molar-refractivity contribution in [3.05, 3.63) is 69.8 Å². The lowest BCUT2D eigenvalue weighted by atomic mass is 9.98. The van der Waals surface area contributed by atoms with E-state index in [2.05, 4.69) is 14.9 Å². The number of hydrogen-bond acceptors (Lipinski definition) is 4. The number of aromatic nitrogens is 2. The van der Waals surface area contributed by atoms with Gasteiger partial charge in [0.2, 0.25) is 0 Å². The predicted octanol–water partition coefficient (Wildman–Crippen LogP) is 3.06. The van der Waals surface area contributed by atoms with Gasteiger partial charge in [-0.25, -0.2) is 0 Å². The molecule has 0 amide bonds. The molecule has 0 bridgehead atoms. The van der Waals surface area contributed by atoms with Gasteiger partial charge >= 0.3 is 0 Å². The van der Waals surface area contributed by atoms with Gasteiger partial charge in [0.1, 0.15) is 5.82 Å². The van der Waals surface area contributed by atoms with Crippen LogP contribution in [-0.2, 0) is 0 Å². The summed E-state index contributed by atoms with van der Waals surface area (Å²) in [4.78, 5) is 35.1. The van der Waals surface area contributed by atoms with Crippen molar-refractivity contribution in [1.29, 1.82) is 0 Å². The maximum Gasteiger partial charge on any atom is 0.257 e. The highest BCUT2D eigenvalue weighted by Crippen LogP contribution is 2.29. The molecule has 126 valence electrons. The number of benzene rings is 1. The standard InChI is InChI=1S/C20H19N3O2/c1-13-8-9-14(12-21-13)18(24)17-15-6-2-3-7-16(15)20(25)22-19(17)23-10-4-5-11-23/h2-3,6-9,12H,4-5,10-11H2,1H3,(H,22,25). The fourth-order valence-electron chi connectivity index (χ4n) is 3.42. The molecule has 2 aromatic heterocycles. The lowest BCUT2D eigenvalue weighted by molar-refractivity contribution is 0.104. The Labute approximate surface area is 145 Å². The lowest BCUT2D eigenvalue weighted by Gasteiger charge is -2.21. The van der Waals surface area contributed by atoms with E-state index in [0.29, 0.717) is 27.7 Å². The van der Waals surface area contributed by atoms with Crippen molar-refractivity contribution >= 4 is 22.4 Å². The van der Waals surface area contributed by atoms with E-state index in [4.69, 9.17) is 0 Å². The smallest absolute Gasteiger partial charge is 0.257 e. The van der Waals surface area contributed by atoms with Crippen LogP contribution in [0.4, 0.5) is 5.82 Å². The number of carbonyl (C=O) groups is 1. The minimum atomic E-state index is -0.156. The molecule has 3 heterocycles. The second-order valence-electron chi connectivity index (χ2n) is 6.43. The van der Waals surface area contributed by atoms with E-state index >= 15 is 0 Å². The number of H-pyrrole nitrogens is 1. The summed E-state index contributed by atoms with van der Waals surface area (Å²) in [6.07, 6.45) is 3.73. The Balaban J connectivity index is 1.97. The third kappa shape index (κ3) is 2.71. The zero-order chi connectivity index (χ0) is 17.4. The van der Waals surface area contributed by atoms with Crippen molar-refractivity contribution in [2.45, 2.75) is 19.8 Å². The number of carbonyl (C=O) groups excluding carboxylic acids is 1. The quantitative estimate of drug-likeness (QED) is 0.748. The summed E-state index contributed by atoms with van der Waals surface area (Å²) in [6, 6.07) is 10.9. The first-order valence-corrected chi connectivity index (χ1v) is 8.52. The maximum atomic E-state index is 13.3. The first-order chi connectivity index (χ1) is 12.1. The molecule has 1 N–H and O–H groups in total. The minimum absolute atomic E-state index is 0.109. The SMILES string of the molecule is Cc1ccc(C(=O)c2c(N3CCCC3)[nH]c(=O)c3ccccc23)cn1. The van der Waals surface area contributed by atoms with Gasteiger partial charge in [-0.2, -0.15) is 0 Å². The molecule has 1 aliphatic rings. The maximum absolute atomic E-state index is 13.3. The first-order valence-electron chi connectivity index (χ1n) is 8.52. The second kappa shape index (κ2) is 6.16. The molecule has 4 rings (SSSR count). The molecule has 0 spiro atoms. The van der Waals surface area contributed by atoms with Gasteiger partial charge in [-0.3, -0.25) is 14.6 Å². The van der Waals surface area contributed by atoms with E-state index in [1.807, 2.05) is 31.2 Å². The summed E-state index contributed by atoms with van der Waals surface area (Å²) >= 11 is 0. The van der Waals surface area contributed by atoms with E-state index in [-0.39, 0.29) is 11.3 Å². The second-order valence-corrected chi connectivity index (χ2v) is 6.43. The van der Waals surface area contributed by atoms with E-state index in [1.165, 1.54) is 0 Å². The van der Waals surface area contributed by atoms with Crippen molar-refractivity contribution in [3.8, 4) is 0 Å². The number of pyridine rings is 2. The molecule has 1 aliphatic heterocycles. The third-order valence-corrected chi connectivity index (χ3v) is 4.73. The number of nitrogens with zero attached hydrogens (tertiary/aromatic N) is 2. The third-order valence-electron chi connectivity index (χ3n) is 4.73. The number of anilines is 1. The van der Waals surface area contributed by atoms with Gasteiger partial charge in [0, 0.05) is 41.3 Å². The van der Waals surface area contributed by atoms with Gasteiger partial charge in [0.25, 0.3) is 5.56 Å². The zero-order valence-corrected chi connectivity index (χ0v) is 14.1. The number of ketones is 1. The fraction of sp³-hybridized carbons (Fsp3) is 0.250. The summed E-state index contributed by atoms with van der Waals surface area (Å²) in [6.45, 7) is 3.58. The Morgan fingerprint density at radius 1 is 1.08 bits per heavy atom. The predicted molar refractivity (Wildman–Crippen MR) is 98.4 cm³/mol. The van der Waals surface area contributed by atoms with Crippen LogP contribution in [0.3, 0.4) is 0 Å². The zero-order valence-electron chi connectivity index (χ0n) is 14.1. The Kier molecular flexibility index (Phi) is 3.84. The van der Waals surface area contributed by atoms with Gasteiger partial charge in [0.05, 0.1) is 5.56 Å². The fourth-order valence-corrected chi connectivity index (χ4v) is 3.42. The monoisotopic (exact) mass is 333 g/mol. The van der Waals surface area contributed by atoms with Crippen LogP contribution in [0.1, 0.15) is 34.5 Å². The van der Waals surface area contributed by atoms with Crippen molar-refractivity contribution in [3.63, 3.8) is 0 Å². The largest absolute Gasteiger partial charge is 0.357 e. The summed E-state index contributed by atoms with van der Waals surface area (Å²) in [5.41, 5.74) is 1.80. The lowest BCUT2D eigenvalue weighted by Crippen LogP contribution is -2.26. The van der Waals surface area contributed by atoms with Gasteiger partial charge < -0.3 is 9.88 Å². The Morgan fingerprint density at radius 3 is 2.48 bits per heavy atom. The number of hydrogen-bond donors (Lipinski definition) is 1. The molecule has 0 atom stereocenters. The minimum Gasteiger partial charge on any atom is -0.357 e. The molecular formula is C20H19N3O2. The van der Waals surface area contributed by atoms with Crippen LogP contribution in [0, 0.1) is 6.92 Å². The average molecular weight is 333 g/mol. The van der Waals surface area contributed by atoms with Crippen molar-refractivity contribution < 1.29 is 4.79 Å².